The molecular formula is C20H19FN4O2. The molecule has 6 nitrogen and oxygen atoms in total. The van der Waals surface area contributed by atoms with E-state index < -0.39 is 5.82 Å². The number of aryl methyl sites for hydroxylation is 1. The first-order chi connectivity index (χ1) is 13.0. The van der Waals surface area contributed by atoms with Crippen molar-refractivity contribution in [1.82, 2.24) is 20.4 Å². The zero-order valence-electron chi connectivity index (χ0n) is 14.8. The molecule has 0 unspecified atom stereocenters. The van der Waals surface area contributed by atoms with E-state index in [0.29, 0.717) is 11.1 Å². The highest BCUT2D eigenvalue weighted by Gasteiger charge is 2.09. The molecule has 7 heteroatoms. The highest BCUT2D eigenvalue weighted by molar-refractivity contribution is 5.95. The molecule has 1 aromatic heterocycles. The van der Waals surface area contributed by atoms with Crippen LogP contribution in [0.4, 0.5) is 4.39 Å². The average molecular weight is 366 g/mol. The molecule has 3 aromatic rings. The van der Waals surface area contributed by atoms with E-state index in [-0.39, 0.29) is 30.5 Å². The average Bonchev–Trinajstić information content (AvgIpc) is 3.22. The number of amides is 2. The van der Waals surface area contributed by atoms with Crippen molar-refractivity contribution in [2.45, 2.75) is 6.92 Å². The van der Waals surface area contributed by atoms with Gasteiger partial charge in [0.1, 0.15) is 5.82 Å². The molecule has 0 saturated heterocycles. The Morgan fingerprint density at radius 2 is 1.63 bits per heavy atom. The Kier molecular flexibility index (Phi) is 5.61. The van der Waals surface area contributed by atoms with Crippen molar-refractivity contribution < 1.29 is 14.0 Å². The van der Waals surface area contributed by atoms with E-state index in [1.807, 2.05) is 12.3 Å². The summed E-state index contributed by atoms with van der Waals surface area (Å²) in [6.45, 7) is 2.14. The minimum Gasteiger partial charge on any atom is -0.350 e. The molecule has 2 N–H and O–H groups in total. The van der Waals surface area contributed by atoms with Gasteiger partial charge in [-0.25, -0.2) is 9.07 Å². The summed E-state index contributed by atoms with van der Waals surface area (Å²) in [5.74, 6) is -1.04. The van der Waals surface area contributed by atoms with Crippen LogP contribution in [-0.2, 0) is 0 Å². The maximum absolute atomic E-state index is 13.5. The number of halogens is 1. The summed E-state index contributed by atoms with van der Waals surface area (Å²) in [5.41, 5.74) is 2.10. The number of hydrogen-bond donors (Lipinski definition) is 2. The number of carbonyl (C=O) groups excluding carboxylic acids is 2. The smallest absolute Gasteiger partial charge is 0.251 e. The lowest BCUT2D eigenvalue weighted by Crippen LogP contribution is -2.34. The zero-order valence-corrected chi connectivity index (χ0v) is 14.8. The SMILES string of the molecule is Cc1ccc(C(=O)NCCNC(=O)c2ccc(-n3cccn3)cc2)cc1F. The number of carbonyl (C=O) groups is 2. The number of nitrogens with zero attached hydrogens (tertiary/aromatic N) is 2. The van der Waals surface area contributed by atoms with Gasteiger partial charge in [-0.05, 0) is 55.0 Å². The van der Waals surface area contributed by atoms with E-state index in [2.05, 4.69) is 15.7 Å². The van der Waals surface area contributed by atoms with Crippen LogP contribution in [0.15, 0.2) is 60.9 Å². The van der Waals surface area contributed by atoms with Gasteiger partial charge in [-0.15, -0.1) is 0 Å². The summed E-state index contributed by atoms with van der Waals surface area (Å²) < 4.78 is 15.2. The fourth-order valence-electron chi connectivity index (χ4n) is 2.48. The molecule has 1 heterocycles. The van der Waals surface area contributed by atoms with Gasteiger partial charge in [0.15, 0.2) is 0 Å². The molecule has 0 bridgehead atoms. The minimum atomic E-state index is -0.422. The summed E-state index contributed by atoms with van der Waals surface area (Å²) in [6.07, 6.45) is 3.50. The van der Waals surface area contributed by atoms with Crippen molar-refractivity contribution >= 4 is 11.8 Å². The molecule has 0 radical (unpaired) electrons. The highest BCUT2D eigenvalue weighted by Crippen LogP contribution is 2.09. The first kappa shape index (κ1) is 18.3. The summed E-state index contributed by atoms with van der Waals surface area (Å²) in [6, 6.07) is 13.2. The number of nitrogens with one attached hydrogen (secondary N) is 2. The lowest BCUT2D eigenvalue weighted by atomic mass is 10.1. The molecule has 3 rings (SSSR count). The maximum Gasteiger partial charge on any atom is 0.251 e. The van der Waals surface area contributed by atoms with E-state index in [4.69, 9.17) is 0 Å². The molecule has 0 saturated carbocycles. The molecule has 27 heavy (non-hydrogen) atoms. The van der Waals surface area contributed by atoms with E-state index in [1.54, 1.807) is 54.2 Å². The first-order valence-electron chi connectivity index (χ1n) is 8.47. The van der Waals surface area contributed by atoms with Crippen molar-refractivity contribution in [1.29, 1.82) is 0 Å². The topological polar surface area (TPSA) is 76.0 Å². The van der Waals surface area contributed by atoms with Crippen molar-refractivity contribution in [3.8, 4) is 5.69 Å². The number of rotatable bonds is 6. The summed E-state index contributed by atoms with van der Waals surface area (Å²) >= 11 is 0. The third-order valence-electron chi connectivity index (χ3n) is 4.03. The predicted octanol–water partition coefficient (Wildman–Crippen LogP) is 2.48. The Balaban J connectivity index is 1.46. The Labute approximate surface area is 156 Å². The second-order valence-corrected chi connectivity index (χ2v) is 5.97. The second-order valence-electron chi connectivity index (χ2n) is 5.97. The molecule has 138 valence electrons. The molecule has 2 aromatic carbocycles. The Morgan fingerprint density at radius 3 is 2.22 bits per heavy atom. The van der Waals surface area contributed by atoms with Crippen LogP contribution in [0.1, 0.15) is 26.3 Å². The van der Waals surface area contributed by atoms with E-state index in [1.165, 1.54) is 6.07 Å². The molecule has 0 aliphatic rings. The zero-order chi connectivity index (χ0) is 19.2. The van der Waals surface area contributed by atoms with Crippen molar-refractivity contribution in [3.05, 3.63) is 83.4 Å². The molecule has 0 atom stereocenters. The normalized spacial score (nSPS) is 10.4. The van der Waals surface area contributed by atoms with Crippen LogP contribution in [-0.4, -0.2) is 34.7 Å². The van der Waals surface area contributed by atoms with Crippen LogP contribution in [0, 0.1) is 12.7 Å². The molecule has 0 fully saturated rings. The van der Waals surface area contributed by atoms with Gasteiger partial charge < -0.3 is 10.6 Å². The fourth-order valence-corrected chi connectivity index (χ4v) is 2.48. The van der Waals surface area contributed by atoms with Crippen LogP contribution in [0.2, 0.25) is 0 Å². The van der Waals surface area contributed by atoms with Crippen LogP contribution in [0.25, 0.3) is 5.69 Å². The van der Waals surface area contributed by atoms with Gasteiger partial charge in [-0.1, -0.05) is 6.07 Å². The summed E-state index contributed by atoms with van der Waals surface area (Å²) in [5, 5.41) is 9.50. The monoisotopic (exact) mass is 366 g/mol. The van der Waals surface area contributed by atoms with Crippen LogP contribution >= 0.6 is 0 Å². The number of hydrogen-bond acceptors (Lipinski definition) is 3. The summed E-state index contributed by atoms with van der Waals surface area (Å²) in [4.78, 5) is 24.1. The van der Waals surface area contributed by atoms with Gasteiger partial charge >= 0.3 is 0 Å². The lowest BCUT2D eigenvalue weighted by molar-refractivity contribution is 0.0927. The third kappa shape index (κ3) is 4.58. The van der Waals surface area contributed by atoms with E-state index >= 15 is 0 Å². The van der Waals surface area contributed by atoms with Gasteiger partial charge in [0.05, 0.1) is 5.69 Å². The molecule has 0 aliphatic heterocycles. The Hall–Kier alpha value is -3.48. The molecular weight excluding hydrogens is 347 g/mol. The number of benzene rings is 2. The lowest BCUT2D eigenvalue weighted by Gasteiger charge is -2.08. The van der Waals surface area contributed by atoms with E-state index in [0.717, 1.165) is 5.69 Å². The van der Waals surface area contributed by atoms with Crippen LogP contribution in [0.5, 0.6) is 0 Å². The van der Waals surface area contributed by atoms with Gasteiger partial charge in [0, 0.05) is 36.6 Å². The van der Waals surface area contributed by atoms with Crippen LogP contribution < -0.4 is 10.6 Å². The van der Waals surface area contributed by atoms with Gasteiger partial charge in [-0.2, -0.15) is 5.10 Å². The molecule has 2 amide bonds. The standard InChI is InChI=1S/C20H19FN4O2/c1-14-3-4-16(13-18(14)21)20(27)23-11-10-22-19(26)15-5-7-17(8-6-15)25-12-2-9-24-25/h2-9,12-13H,10-11H2,1H3,(H,22,26)(H,23,27). The Bertz CT molecular complexity index is 937. The largest absolute Gasteiger partial charge is 0.350 e. The van der Waals surface area contributed by atoms with Crippen molar-refractivity contribution in [2.24, 2.45) is 0 Å². The minimum absolute atomic E-state index is 0.238. The molecule has 0 aliphatic carbocycles. The van der Waals surface area contributed by atoms with Crippen LogP contribution in [0.3, 0.4) is 0 Å². The third-order valence-corrected chi connectivity index (χ3v) is 4.03. The quantitative estimate of drug-likeness (QED) is 0.658. The van der Waals surface area contributed by atoms with Gasteiger partial charge in [-0.3, -0.25) is 9.59 Å². The summed E-state index contributed by atoms with van der Waals surface area (Å²) in [7, 11) is 0. The fraction of sp³-hybridized carbons (Fsp3) is 0.150. The Morgan fingerprint density at radius 1 is 1.00 bits per heavy atom. The van der Waals surface area contributed by atoms with Crippen molar-refractivity contribution in [2.75, 3.05) is 13.1 Å². The van der Waals surface area contributed by atoms with E-state index in [9.17, 15) is 14.0 Å². The maximum atomic E-state index is 13.5. The predicted molar refractivity (Wildman–Crippen MR) is 99.4 cm³/mol. The number of aromatic nitrogens is 2. The molecule has 0 spiro atoms. The highest BCUT2D eigenvalue weighted by atomic mass is 19.1. The van der Waals surface area contributed by atoms with Gasteiger partial charge in [0.2, 0.25) is 0 Å². The first-order valence-corrected chi connectivity index (χ1v) is 8.47. The second kappa shape index (κ2) is 8.27. The van der Waals surface area contributed by atoms with Crippen molar-refractivity contribution in [3.63, 3.8) is 0 Å². The van der Waals surface area contributed by atoms with Gasteiger partial charge in [0.25, 0.3) is 11.8 Å².